The molecule has 0 aliphatic rings. The van der Waals surface area contributed by atoms with Crippen LogP contribution in [0.15, 0.2) is 30.4 Å². The Morgan fingerprint density at radius 1 is 1.43 bits per heavy atom. The van der Waals surface area contributed by atoms with Crippen molar-refractivity contribution in [2.45, 2.75) is 33.2 Å². The summed E-state index contributed by atoms with van der Waals surface area (Å²) in [5.41, 5.74) is 11.0. The molecule has 76 valence electrons. The largest absolute Gasteiger partial charge is 0.324 e. The van der Waals surface area contributed by atoms with Crippen LogP contribution < -0.4 is 5.73 Å². The summed E-state index contributed by atoms with van der Waals surface area (Å²) in [5, 5.41) is 0. The molecule has 1 atom stereocenters. The first-order valence-electron chi connectivity index (χ1n) is 4.98. The first-order valence-corrected chi connectivity index (χ1v) is 4.98. The van der Waals surface area contributed by atoms with Crippen LogP contribution in [-0.4, -0.2) is 6.04 Å². The lowest BCUT2D eigenvalue weighted by Gasteiger charge is -2.13. The lowest BCUT2D eigenvalue weighted by Crippen LogP contribution is -2.23. The van der Waals surface area contributed by atoms with Gasteiger partial charge in [0.2, 0.25) is 0 Å². The molecule has 0 bridgehead atoms. The highest BCUT2D eigenvalue weighted by Gasteiger charge is 2.06. The molecule has 0 aromatic heterocycles. The van der Waals surface area contributed by atoms with Crippen molar-refractivity contribution in [1.29, 1.82) is 0 Å². The molecule has 1 rings (SSSR count). The van der Waals surface area contributed by atoms with E-state index < -0.39 is 0 Å². The average Bonchev–Trinajstić information content (AvgIpc) is 2.11. The van der Waals surface area contributed by atoms with Gasteiger partial charge in [-0.25, -0.2) is 0 Å². The molecule has 0 saturated heterocycles. The van der Waals surface area contributed by atoms with Crippen LogP contribution in [-0.2, 0) is 6.42 Å². The lowest BCUT2D eigenvalue weighted by atomic mass is 9.97. The van der Waals surface area contributed by atoms with Crippen molar-refractivity contribution in [1.82, 2.24) is 0 Å². The van der Waals surface area contributed by atoms with Crippen molar-refractivity contribution in [2.75, 3.05) is 0 Å². The molecule has 0 heterocycles. The molecule has 0 radical (unpaired) electrons. The summed E-state index contributed by atoms with van der Waals surface area (Å²) in [7, 11) is 0. The Hall–Kier alpha value is -1.08. The van der Waals surface area contributed by atoms with Gasteiger partial charge in [-0.15, -0.1) is 0 Å². The van der Waals surface area contributed by atoms with Crippen LogP contribution in [0.5, 0.6) is 0 Å². The van der Waals surface area contributed by atoms with E-state index in [2.05, 4.69) is 38.6 Å². The predicted molar refractivity (Wildman–Crippen MR) is 62.4 cm³/mol. The summed E-state index contributed by atoms with van der Waals surface area (Å²) in [5.74, 6) is 0. The molecule has 0 fully saturated rings. The minimum Gasteiger partial charge on any atom is -0.324 e. The van der Waals surface area contributed by atoms with Gasteiger partial charge in [-0.05, 0) is 38.3 Å². The lowest BCUT2D eigenvalue weighted by molar-refractivity contribution is 0.762. The maximum atomic E-state index is 5.97. The SMILES string of the molecule is C=C(C)C(N)Cc1cc(C)ccc1C. The van der Waals surface area contributed by atoms with E-state index in [0.29, 0.717) is 0 Å². The molecule has 1 unspecified atom stereocenters. The zero-order valence-electron chi connectivity index (χ0n) is 9.30. The van der Waals surface area contributed by atoms with E-state index in [0.717, 1.165) is 12.0 Å². The third kappa shape index (κ3) is 2.71. The zero-order valence-corrected chi connectivity index (χ0v) is 9.30. The summed E-state index contributed by atoms with van der Waals surface area (Å²) in [6, 6.07) is 6.56. The van der Waals surface area contributed by atoms with Crippen molar-refractivity contribution in [3.8, 4) is 0 Å². The standard InChI is InChI=1S/C13H19N/c1-9(2)13(14)8-12-7-10(3)5-6-11(12)4/h5-7,13H,1,8,14H2,2-4H3. The Morgan fingerprint density at radius 3 is 2.64 bits per heavy atom. The Morgan fingerprint density at radius 2 is 2.07 bits per heavy atom. The third-order valence-corrected chi connectivity index (χ3v) is 2.58. The van der Waals surface area contributed by atoms with E-state index >= 15 is 0 Å². The van der Waals surface area contributed by atoms with Crippen molar-refractivity contribution in [2.24, 2.45) is 5.73 Å². The van der Waals surface area contributed by atoms with Gasteiger partial charge in [0, 0.05) is 6.04 Å². The third-order valence-electron chi connectivity index (χ3n) is 2.58. The van der Waals surface area contributed by atoms with E-state index in [9.17, 15) is 0 Å². The highest BCUT2D eigenvalue weighted by Crippen LogP contribution is 2.14. The molecular formula is C13H19N. The second-order valence-corrected chi connectivity index (χ2v) is 4.09. The number of hydrogen-bond acceptors (Lipinski definition) is 1. The van der Waals surface area contributed by atoms with Crippen molar-refractivity contribution >= 4 is 0 Å². The highest BCUT2D eigenvalue weighted by molar-refractivity contribution is 5.32. The summed E-state index contributed by atoms with van der Waals surface area (Å²) in [6.07, 6.45) is 0.892. The average molecular weight is 189 g/mol. The maximum Gasteiger partial charge on any atom is 0.0289 e. The van der Waals surface area contributed by atoms with Crippen molar-refractivity contribution < 1.29 is 0 Å². The second-order valence-electron chi connectivity index (χ2n) is 4.09. The van der Waals surface area contributed by atoms with Crippen LogP contribution in [0, 0.1) is 13.8 Å². The van der Waals surface area contributed by atoms with E-state index in [1.165, 1.54) is 16.7 Å². The number of hydrogen-bond donors (Lipinski definition) is 1. The fourth-order valence-electron chi connectivity index (χ4n) is 1.43. The Kier molecular flexibility index (Phi) is 3.48. The quantitative estimate of drug-likeness (QED) is 0.727. The van der Waals surface area contributed by atoms with Gasteiger partial charge < -0.3 is 5.73 Å². The van der Waals surface area contributed by atoms with Gasteiger partial charge in [-0.1, -0.05) is 35.9 Å². The molecule has 0 spiro atoms. The number of nitrogens with two attached hydrogens (primary N) is 1. The van der Waals surface area contributed by atoms with Gasteiger partial charge in [0.25, 0.3) is 0 Å². The molecule has 2 N–H and O–H groups in total. The second kappa shape index (κ2) is 4.43. The normalized spacial score (nSPS) is 12.6. The molecule has 0 saturated carbocycles. The fraction of sp³-hybridized carbons (Fsp3) is 0.385. The summed E-state index contributed by atoms with van der Waals surface area (Å²) >= 11 is 0. The van der Waals surface area contributed by atoms with E-state index in [-0.39, 0.29) is 6.04 Å². The van der Waals surface area contributed by atoms with Crippen LogP contribution in [0.25, 0.3) is 0 Å². The first kappa shape index (κ1) is 11.0. The molecule has 14 heavy (non-hydrogen) atoms. The van der Waals surface area contributed by atoms with Crippen molar-refractivity contribution in [3.63, 3.8) is 0 Å². The molecule has 1 aromatic carbocycles. The van der Waals surface area contributed by atoms with Gasteiger partial charge in [-0.3, -0.25) is 0 Å². The molecular weight excluding hydrogens is 170 g/mol. The van der Waals surface area contributed by atoms with Crippen LogP contribution in [0.1, 0.15) is 23.6 Å². The van der Waals surface area contributed by atoms with E-state index in [1.54, 1.807) is 0 Å². The molecule has 1 nitrogen and oxygen atoms in total. The van der Waals surface area contributed by atoms with Gasteiger partial charge in [0.05, 0.1) is 0 Å². The summed E-state index contributed by atoms with van der Waals surface area (Å²) < 4.78 is 0. The number of aryl methyl sites for hydroxylation is 2. The van der Waals surface area contributed by atoms with E-state index in [1.807, 2.05) is 6.92 Å². The van der Waals surface area contributed by atoms with Crippen LogP contribution in [0.2, 0.25) is 0 Å². The Labute approximate surface area is 86.6 Å². The number of benzene rings is 1. The topological polar surface area (TPSA) is 26.0 Å². The maximum absolute atomic E-state index is 5.97. The minimum atomic E-state index is 0.0792. The van der Waals surface area contributed by atoms with E-state index in [4.69, 9.17) is 5.73 Å². The molecule has 0 aliphatic carbocycles. The fourth-order valence-corrected chi connectivity index (χ4v) is 1.43. The van der Waals surface area contributed by atoms with Crippen LogP contribution in [0.3, 0.4) is 0 Å². The Balaban J connectivity index is 2.85. The monoisotopic (exact) mass is 189 g/mol. The Bertz CT molecular complexity index is 339. The van der Waals surface area contributed by atoms with Crippen molar-refractivity contribution in [3.05, 3.63) is 47.0 Å². The minimum absolute atomic E-state index is 0.0792. The van der Waals surface area contributed by atoms with Crippen LogP contribution in [0.4, 0.5) is 0 Å². The summed E-state index contributed by atoms with van der Waals surface area (Å²) in [4.78, 5) is 0. The zero-order chi connectivity index (χ0) is 10.7. The molecule has 1 aromatic rings. The molecule has 0 aliphatic heterocycles. The van der Waals surface area contributed by atoms with Gasteiger partial charge in [0.15, 0.2) is 0 Å². The molecule has 1 heteroatoms. The number of rotatable bonds is 3. The van der Waals surface area contributed by atoms with Gasteiger partial charge in [0.1, 0.15) is 0 Å². The van der Waals surface area contributed by atoms with Crippen LogP contribution >= 0.6 is 0 Å². The first-order chi connectivity index (χ1) is 6.50. The van der Waals surface area contributed by atoms with Gasteiger partial charge in [-0.2, -0.15) is 0 Å². The highest BCUT2D eigenvalue weighted by atomic mass is 14.6. The smallest absolute Gasteiger partial charge is 0.0289 e. The summed E-state index contributed by atoms with van der Waals surface area (Å²) in [6.45, 7) is 10.1. The predicted octanol–water partition coefficient (Wildman–Crippen LogP) is 2.75. The molecule has 0 amide bonds. The van der Waals surface area contributed by atoms with Gasteiger partial charge >= 0.3 is 0 Å².